The molecule has 0 spiro atoms. The molecule has 84 valence electrons. The monoisotopic (exact) mass is 259 g/mol. The molecule has 14 heavy (non-hydrogen) atoms. The van der Waals surface area contributed by atoms with Crippen LogP contribution in [0.3, 0.4) is 0 Å². The van der Waals surface area contributed by atoms with E-state index in [9.17, 15) is 4.57 Å². The second-order valence-corrected chi connectivity index (χ2v) is 6.30. The standard InChI is InChI=1S/C8H16Cl2NO2P/c1-4-11(5-2)14(12,6-3)13-7-8(9)10/h7H,4-6H2,1-3H3. The van der Waals surface area contributed by atoms with E-state index in [4.69, 9.17) is 27.7 Å². The molecule has 0 bridgehead atoms. The molecule has 0 aliphatic rings. The van der Waals surface area contributed by atoms with Crippen LogP contribution in [0.15, 0.2) is 10.8 Å². The molecule has 0 aromatic carbocycles. The third-order valence-electron chi connectivity index (χ3n) is 1.87. The summed E-state index contributed by atoms with van der Waals surface area (Å²) in [4.78, 5) is 0. The fourth-order valence-corrected chi connectivity index (χ4v) is 3.15. The van der Waals surface area contributed by atoms with Gasteiger partial charge in [0, 0.05) is 19.3 Å². The summed E-state index contributed by atoms with van der Waals surface area (Å²) in [5, 5.41) is 0. The average molecular weight is 260 g/mol. The summed E-state index contributed by atoms with van der Waals surface area (Å²) in [5.74, 6) is 0. The van der Waals surface area contributed by atoms with Gasteiger partial charge in [0.15, 0.2) is 0 Å². The van der Waals surface area contributed by atoms with E-state index in [0.717, 1.165) is 6.26 Å². The Balaban J connectivity index is 4.61. The minimum Gasteiger partial charge on any atom is -0.438 e. The highest BCUT2D eigenvalue weighted by molar-refractivity contribution is 7.56. The fraction of sp³-hybridized carbons (Fsp3) is 0.750. The third-order valence-corrected chi connectivity index (χ3v) is 4.71. The molecule has 0 N–H and O–H groups in total. The van der Waals surface area contributed by atoms with E-state index in [1.54, 1.807) is 4.67 Å². The van der Waals surface area contributed by atoms with Crippen molar-refractivity contribution in [1.29, 1.82) is 0 Å². The molecule has 0 aromatic rings. The lowest BCUT2D eigenvalue weighted by Crippen LogP contribution is -2.21. The Morgan fingerprint density at radius 1 is 1.36 bits per heavy atom. The van der Waals surface area contributed by atoms with Gasteiger partial charge in [0.2, 0.25) is 0 Å². The molecular formula is C8H16Cl2NO2P. The van der Waals surface area contributed by atoms with Crippen LogP contribution in [0.2, 0.25) is 0 Å². The molecule has 1 unspecified atom stereocenters. The molecule has 6 heteroatoms. The van der Waals surface area contributed by atoms with E-state index >= 15 is 0 Å². The normalized spacial score (nSPS) is 15.0. The fourth-order valence-electron chi connectivity index (χ4n) is 1.12. The Bertz CT molecular complexity index is 237. The highest BCUT2D eigenvalue weighted by atomic mass is 35.5. The maximum absolute atomic E-state index is 12.2. The third kappa shape index (κ3) is 4.22. The quantitative estimate of drug-likeness (QED) is 0.536. The summed E-state index contributed by atoms with van der Waals surface area (Å²) in [6.07, 6.45) is 1.57. The molecule has 0 heterocycles. The van der Waals surface area contributed by atoms with Gasteiger partial charge in [0.25, 0.3) is 0 Å². The molecule has 0 radical (unpaired) electrons. The lowest BCUT2D eigenvalue weighted by atomic mass is 10.7. The molecule has 0 aromatic heterocycles. The van der Waals surface area contributed by atoms with Crippen LogP contribution in [0.25, 0.3) is 0 Å². The van der Waals surface area contributed by atoms with Crippen LogP contribution in [0.4, 0.5) is 0 Å². The first-order chi connectivity index (χ1) is 6.50. The smallest absolute Gasteiger partial charge is 0.318 e. The summed E-state index contributed by atoms with van der Waals surface area (Å²) in [7, 11) is -2.78. The molecular weight excluding hydrogens is 244 g/mol. The summed E-state index contributed by atoms with van der Waals surface area (Å²) in [6, 6.07) is 0. The Kier molecular flexibility index (Phi) is 6.88. The van der Waals surface area contributed by atoms with Gasteiger partial charge in [0.05, 0.1) is 0 Å². The molecule has 0 aliphatic carbocycles. The summed E-state index contributed by atoms with van der Waals surface area (Å²) in [6.45, 7) is 7.03. The largest absolute Gasteiger partial charge is 0.438 e. The van der Waals surface area contributed by atoms with Crippen LogP contribution in [0.5, 0.6) is 0 Å². The predicted molar refractivity (Wildman–Crippen MR) is 61.9 cm³/mol. The van der Waals surface area contributed by atoms with E-state index in [1.165, 1.54) is 0 Å². The molecule has 3 nitrogen and oxygen atoms in total. The molecule has 0 saturated heterocycles. The van der Waals surface area contributed by atoms with Crippen molar-refractivity contribution in [3.63, 3.8) is 0 Å². The zero-order chi connectivity index (χ0) is 11.2. The molecule has 0 amide bonds. The number of nitrogens with zero attached hydrogens (tertiary/aromatic N) is 1. The highest BCUT2D eigenvalue weighted by Crippen LogP contribution is 2.50. The number of hydrogen-bond donors (Lipinski definition) is 0. The first kappa shape index (κ1) is 14.3. The summed E-state index contributed by atoms with van der Waals surface area (Å²) >= 11 is 10.8. The van der Waals surface area contributed by atoms with Gasteiger partial charge < -0.3 is 4.52 Å². The Labute approximate surface area is 95.5 Å². The second kappa shape index (κ2) is 6.73. The Morgan fingerprint density at radius 2 is 1.86 bits per heavy atom. The van der Waals surface area contributed by atoms with Gasteiger partial charge in [-0.25, -0.2) is 4.67 Å². The van der Waals surface area contributed by atoms with Crippen molar-refractivity contribution < 1.29 is 9.09 Å². The van der Waals surface area contributed by atoms with Gasteiger partial charge in [-0.1, -0.05) is 44.0 Å². The molecule has 0 rings (SSSR count). The lowest BCUT2D eigenvalue weighted by Gasteiger charge is -2.27. The highest BCUT2D eigenvalue weighted by Gasteiger charge is 2.27. The Hall–Kier alpha value is 0.310. The molecule has 1 atom stereocenters. The van der Waals surface area contributed by atoms with Crippen LogP contribution in [-0.2, 0) is 9.09 Å². The van der Waals surface area contributed by atoms with E-state index < -0.39 is 7.52 Å². The zero-order valence-corrected chi connectivity index (χ0v) is 11.1. The van der Waals surface area contributed by atoms with Crippen LogP contribution in [0, 0.1) is 0 Å². The lowest BCUT2D eigenvalue weighted by molar-refractivity contribution is 0.345. The summed E-state index contributed by atoms with van der Waals surface area (Å²) in [5.41, 5.74) is 0. The molecule has 0 aliphatic heterocycles. The van der Waals surface area contributed by atoms with Gasteiger partial charge in [-0.05, 0) is 0 Å². The Morgan fingerprint density at radius 3 is 2.14 bits per heavy atom. The van der Waals surface area contributed by atoms with E-state index in [1.807, 2.05) is 20.8 Å². The average Bonchev–Trinajstić information content (AvgIpc) is 2.16. The minimum absolute atomic E-state index is 0.0224. The van der Waals surface area contributed by atoms with E-state index in [-0.39, 0.29) is 4.49 Å². The minimum atomic E-state index is -2.78. The van der Waals surface area contributed by atoms with Crippen molar-refractivity contribution in [2.45, 2.75) is 20.8 Å². The van der Waals surface area contributed by atoms with E-state index in [0.29, 0.717) is 19.3 Å². The van der Waals surface area contributed by atoms with Crippen LogP contribution in [0.1, 0.15) is 20.8 Å². The van der Waals surface area contributed by atoms with Gasteiger partial charge in [0.1, 0.15) is 10.8 Å². The van der Waals surface area contributed by atoms with Gasteiger partial charge in [-0.3, -0.25) is 4.57 Å². The second-order valence-electron chi connectivity index (χ2n) is 2.61. The van der Waals surface area contributed by atoms with Crippen molar-refractivity contribution in [3.8, 4) is 0 Å². The van der Waals surface area contributed by atoms with Gasteiger partial charge in [-0.2, -0.15) is 0 Å². The van der Waals surface area contributed by atoms with Gasteiger partial charge >= 0.3 is 7.52 Å². The number of halogens is 2. The number of rotatable bonds is 6. The van der Waals surface area contributed by atoms with Crippen LogP contribution >= 0.6 is 30.7 Å². The van der Waals surface area contributed by atoms with Gasteiger partial charge in [-0.15, -0.1) is 0 Å². The maximum Gasteiger partial charge on any atom is 0.318 e. The first-order valence-electron chi connectivity index (χ1n) is 4.54. The molecule has 0 fully saturated rings. The topological polar surface area (TPSA) is 29.5 Å². The van der Waals surface area contributed by atoms with Crippen LogP contribution < -0.4 is 0 Å². The zero-order valence-electron chi connectivity index (χ0n) is 8.67. The van der Waals surface area contributed by atoms with Crippen molar-refractivity contribution >= 4 is 30.7 Å². The van der Waals surface area contributed by atoms with Crippen molar-refractivity contribution in [2.75, 3.05) is 19.3 Å². The SMILES string of the molecule is CCN(CC)P(=O)(CC)OC=C(Cl)Cl. The van der Waals surface area contributed by atoms with Crippen molar-refractivity contribution in [3.05, 3.63) is 10.8 Å². The summed E-state index contributed by atoms with van der Waals surface area (Å²) < 4.78 is 19.1. The predicted octanol–water partition coefficient (Wildman–Crippen LogP) is 3.83. The first-order valence-corrected chi connectivity index (χ1v) is 7.06. The van der Waals surface area contributed by atoms with Crippen molar-refractivity contribution in [2.24, 2.45) is 0 Å². The maximum atomic E-state index is 12.2. The molecule has 0 saturated carbocycles. The van der Waals surface area contributed by atoms with Crippen molar-refractivity contribution in [1.82, 2.24) is 4.67 Å². The van der Waals surface area contributed by atoms with Crippen LogP contribution in [-0.4, -0.2) is 23.9 Å². The van der Waals surface area contributed by atoms with E-state index in [2.05, 4.69) is 0 Å². The number of hydrogen-bond acceptors (Lipinski definition) is 2.